The van der Waals surface area contributed by atoms with Gasteiger partial charge in [-0.15, -0.1) is 17.8 Å². The highest BCUT2D eigenvalue weighted by Gasteiger charge is 2.36. The Hall–Kier alpha value is -2.27. The number of benzene rings is 1. The van der Waals surface area contributed by atoms with Crippen LogP contribution >= 0.6 is 11.3 Å². The summed E-state index contributed by atoms with van der Waals surface area (Å²) in [4.78, 5) is 12.7. The van der Waals surface area contributed by atoms with Crippen LogP contribution in [0.25, 0.3) is 0 Å². The van der Waals surface area contributed by atoms with Crippen LogP contribution in [0.1, 0.15) is 54.5 Å². The van der Waals surface area contributed by atoms with E-state index in [9.17, 15) is 18.7 Å². The van der Waals surface area contributed by atoms with Gasteiger partial charge < -0.3 is 16.2 Å². The number of nitrogens with two attached hydrogens (primary N) is 1. The maximum Gasteiger partial charge on any atom is 0.217 e. The summed E-state index contributed by atoms with van der Waals surface area (Å²) in [6.45, 7) is 0.235. The van der Waals surface area contributed by atoms with E-state index < -0.39 is 29.6 Å². The second-order valence-corrected chi connectivity index (χ2v) is 9.26. The van der Waals surface area contributed by atoms with Crippen molar-refractivity contribution in [2.75, 3.05) is 6.54 Å². The fraction of sp³-hybridized carbons (Fsp3) is 0.458. The molecule has 1 aromatic carbocycles. The third-order valence-electron chi connectivity index (χ3n) is 6.02. The molecule has 0 radical (unpaired) electrons. The van der Waals surface area contributed by atoms with Crippen molar-refractivity contribution < 1.29 is 18.7 Å². The fourth-order valence-corrected chi connectivity index (χ4v) is 5.52. The van der Waals surface area contributed by atoms with Gasteiger partial charge in [-0.25, -0.2) is 8.78 Å². The van der Waals surface area contributed by atoms with E-state index in [4.69, 9.17) is 12.2 Å². The van der Waals surface area contributed by atoms with Gasteiger partial charge in [0.25, 0.3) is 0 Å². The number of halogens is 2. The number of nitrogens with one attached hydrogen (secondary N) is 1. The summed E-state index contributed by atoms with van der Waals surface area (Å²) in [5.41, 5.74) is 6.33. The van der Waals surface area contributed by atoms with Crippen LogP contribution in [0.15, 0.2) is 29.6 Å². The summed E-state index contributed by atoms with van der Waals surface area (Å²) in [5.74, 6) is 0.160. The molecule has 1 fully saturated rings. The van der Waals surface area contributed by atoms with E-state index in [0.717, 1.165) is 48.6 Å². The molecule has 0 bridgehead atoms. The van der Waals surface area contributed by atoms with E-state index in [1.807, 2.05) is 11.4 Å². The predicted octanol–water partition coefficient (Wildman–Crippen LogP) is 3.85. The minimum absolute atomic E-state index is 0.0752. The van der Waals surface area contributed by atoms with Gasteiger partial charge in [-0.2, -0.15) is 0 Å². The summed E-state index contributed by atoms with van der Waals surface area (Å²) in [6.07, 6.45) is 9.86. The van der Waals surface area contributed by atoms with Gasteiger partial charge in [-0.05, 0) is 48.9 Å². The number of primary amides is 1. The van der Waals surface area contributed by atoms with Gasteiger partial charge >= 0.3 is 0 Å². The number of carbonyl (C=O) groups is 1. The van der Waals surface area contributed by atoms with E-state index in [1.54, 1.807) is 11.3 Å². The molecule has 1 aliphatic carbocycles. The smallest absolute Gasteiger partial charge is 0.217 e. The molecule has 0 aliphatic heterocycles. The number of terminal acetylenes is 1. The molecule has 1 aromatic heterocycles. The monoisotopic (exact) mass is 446 g/mol. The summed E-state index contributed by atoms with van der Waals surface area (Å²) in [7, 11) is 0. The maximum atomic E-state index is 13.6. The first kappa shape index (κ1) is 23.4. The Balaban J connectivity index is 1.75. The van der Waals surface area contributed by atoms with Crippen molar-refractivity contribution in [3.05, 3.63) is 57.3 Å². The molecule has 1 heterocycles. The average Bonchev–Trinajstić information content (AvgIpc) is 3.21. The van der Waals surface area contributed by atoms with E-state index >= 15 is 0 Å². The third kappa shape index (κ3) is 6.13. The van der Waals surface area contributed by atoms with Crippen LogP contribution in [-0.4, -0.2) is 23.7 Å². The number of aliphatic hydroxyl groups excluding tert-OH is 1. The second kappa shape index (κ2) is 10.4. The fourth-order valence-electron chi connectivity index (χ4n) is 4.43. The molecule has 4 N–H and O–H groups in total. The Morgan fingerprint density at radius 2 is 1.90 bits per heavy atom. The summed E-state index contributed by atoms with van der Waals surface area (Å²) >= 11 is 1.61. The zero-order valence-corrected chi connectivity index (χ0v) is 18.2. The Kier molecular flexibility index (Phi) is 7.82. The number of carbonyl (C=O) groups excluding carboxylic acids is 1. The lowest BCUT2D eigenvalue weighted by molar-refractivity contribution is -0.119. The van der Waals surface area contributed by atoms with Gasteiger partial charge in [0, 0.05) is 34.9 Å². The van der Waals surface area contributed by atoms with Crippen molar-refractivity contribution in [2.45, 2.75) is 56.6 Å². The SMILES string of the molecule is C#Cc1csc(C2(NCC(O)C(CC(N)=O)Cc3cc(F)cc(F)c3)CCCCC2)c1. The molecule has 1 saturated carbocycles. The van der Waals surface area contributed by atoms with Gasteiger partial charge in [-0.3, -0.25) is 4.79 Å². The van der Waals surface area contributed by atoms with Crippen molar-refractivity contribution in [2.24, 2.45) is 11.7 Å². The van der Waals surface area contributed by atoms with Gasteiger partial charge in [0.05, 0.1) is 11.6 Å². The number of aliphatic hydroxyl groups is 1. The van der Waals surface area contributed by atoms with Gasteiger partial charge in [-0.1, -0.05) is 25.2 Å². The first-order chi connectivity index (χ1) is 14.8. The Morgan fingerprint density at radius 1 is 1.23 bits per heavy atom. The van der Waals surface area contributed by atoms with Gasteiger partial charge in [0.2, 0.25) is 5.91 Å². The van der Waals surface area contributed by atoms with E-state index in [1.165, 1.54) is 12.1 Å². The molecule has 166 valence electrons. The first-order valence-corrected chi connectivity index (χ1v) is 11.4. The molecule has 0 spiro atoms. The first-order valence-electron chi connectivity index (χ1n) is 10.5. The molecule has 2 aromatic rings. The van der Waals surface area contributed by atoms with Crippen LogP contribution < -0.4 is 11.1 Å². The number of thiophene rings is 1. The molecule has 4 nitrogen and oxygen atoms in total. The van der Waals surface area contributed by atoms with E-state index in [0.29, 0.717) is 5.56 Å². The highest BCUT2D eigenvalue weighted by molar-refractivity contribution is 7.10. The van der Waals surface area contributed by atoms with Crippen molar-refractivity contribution in [1.82, 2.24) is 5.32 Å². The quantitative estimate of drug-likeness (QED) is 0.512. The molecule has 2 atom stereocenters. The van der Waals surface area contributed by atoms with Crippen molar-refractivity contribution in [3.63, 3.8) is 0 Å². The molecule has 3 rings (SSSR count). The second-order valence-electron chi connectivity index (χ2n) is 8.35. The lowest BCUT2D eigenvalue weighted by atomic mass is 9.79. The molecule has 0 saturated heterocycles. The standard InChI is InChI=1S/C24H28F2N2O2S/c1-2-16-11-22(31-15-16)24(6-4-3-5-7-24)28-14-21(29)18(12-23(27)30)8-17-9-19(25)13-20(26)10-17/h1,9-11,13,15,18,21,28-29H,3-8,12,14H2,(H2,27,30). The predicted molar refractivity (Wildman–Crippen MR) is 118 cm³/mol. The summed E-state index contributed by atoms with van der Waals surface area (Å²) < 4.78 is 27.2. The molecule has 2 unspecified atom stereocenters. The third-order valence-corrected chi connectivity index (χ3v) is 7.16. The van der Waals surface area contributed by atoms with Crippen LogP contribution in [-0.2, 0) is 16.8 Å². The Labute approximate surface area is 185 Å². The maximum absolute atomic E-state index is 13.6. The van der Waals surface area contributed by atoms with Crippen LogP contribution in [0.3, 0.4) is 0 Å². The Morgan fingerprint density at radius 3 is 2.48 bits per heavy atom. The number of hydrogen-bond acceptors (Lipinski definition) is 4. The summed E-state index contributed by atoms with van der Waals surface area (Å²) in [6, 6.07) is 5.24. The number of hydrogen-bond donors (Lipinski definition) is 3. The van der Waals surface area contributed by atoms with Crippen LogP contribution in [0.5, 0.6) is 0 Å². The molecule has 1 amide bonds. The molecule has 1 aliphatic rings. The minimum Gasteiger partial charge on any atom is -0.391 e. The van der Waals surface area contributed by atoms with E-state index in [-0.39, 0.29) is 24.9 Å². The average molecular weight is 447 g/mol. The van der Waals surface area contributed by atoms with Gasteiger partial charge in [0.15, 0.2) is 0 Å². The largest absolute Gasteiger partial charge is 0.391 e. The van der Waals surface area contributed by atoms with E-state index in [2.05, 4.69) is 11.2 Å². The van der Waals surface area contributed by atoms with Gasteiger partial charge in [0.1, 0.15) is 11.6 Å². The van der Waals surface area contributed by atoms with Crippen LogP contribution in [0.2, 0.25) is 0 Å². The van der Waals surface area contributed by atoms with Crippen LogP contribution in [0, 0.1) is 29.9 Å². The molecule has 7 heteroatoms. The lowest BCUT2D eigenvalue weighted by Gasteiger charge is -2.39. The zero-order valence-electron chi connectivity index (χ0n) is 17.4. The topological polar surface area (TPSA) is 75.3 Å². The Bertz CT molecular complexity index is 927. The highest BCUT2D eigenvalue weighted by atomic mass is 32.1. The van der Waals surface area contributed by atoms with Crippen LogP contribution in [0.4, 0.5) is 8.78 Å². The highest BCUT2D eigenvalue weighted by Crippen LogP contribution is 2.40. The lowest BCUT2D eigenvalue weighted by Crippen LogP contribution is -2.48. The molecular formula is C24H28F2N2O2S. The van der Waals surface area contributed by atoms with Crippen molar-refractivity contribution in [3.8, 4) is 12.3 Å². The molecular weight excluding hydrogens is 418 g/mol. The summed E-state index contributed by atoms with van der Waals surface area (Å²) in [5, 5.41) is 16.4. The normalized spacial score (nSPS) is 17.6. The molecule has 31 heavy (non-hydrogen) atoms. The van der Waals surface area contributed by atoms with Crippen molar-refractivity contribution >= 4 is 17.2 Å². The zero-order chi connectivity index (χ0) is 22.4. The number of amides is 1. The van der Waals surface area contributed by atoms with Crippen molar-refractivity contribution in [1.29, 1.82) is 0 Å². The minimum atomic E-state index is -0.912. The number of rotatable bonds is 9.